The Hall–Kier alpha value is -5.05. The summed E-state index contributed by atoms with van der Waals surface area (Å²) in [5, 5.41) is 0. The minimum atomic E-state index is -0.295. The number of carbonyl (C=O) groups is 2. The number of nitrogen functional groups attached to an aromatic ring is 1. The Balaban J connectivity index is 1.41. The van der Waals surface area contributed by atoms with Crippen LogP contribution in [-0.2, 0) is 9.53 Å². The number of nitrogens with zero attached hydrogens (tertiary/aromatic N) is 5. The van der Waals surface area contributed by atoms with Gasteiger partial charge in [-0.1, -0.05) is 30.3 Å². The number of ether oxygens (including phenoxy) is 1. The standard InChI is InChI=1S/C31H28N6O3/c1-40-31(39)22-9-6-18-36(19-22)30(38)21-11-13-23(14-12-21)37-28(24-10-5-17-33-27(24)32)35-26-16-15-25(34-29(26)37)20-7-3-2-4-8-20/h2-5,7-8,10-17,22H,6,9,18-19H2,1H3,(H2,32,33). The van der Waals surface area contributed by atoms with Crippen LogP contribution in [0.3, 0.4) is 0 Å². The van der Waals surface area contributed by atoms with E-state index in [2.05, 4.69) is 4.98 Å². The number of carbonyl (C=O) groups excluding carboxylic acids is 2. The SMILES string of the molecule is COC(=O)C1CCCN(C(=O)c2ccc(-n3c(-c4cccnc4N)nc4ccc(-c5ccccc5)nc43)cc2)C1. The normalized spacial score (nSPS) is 15.2. The molecule has 1 amide bonds. The van der Waals surface area contributed by atoms with Crippen LogP contribution in [0.1, 0.15) is 23.2 Å². The van der Waals surface area contributed by atoms with Gasteiger partial charge in [0, 0.05) is 36.1 Å². The van der Waals surface area contributed by atoms with Gasteiger partial charge in [0.15, 0.2) is 11.5 Å². The van der Waals surface area contributed by atoms with Gasteiger partial charge in [-0.25, -0.2) is 15.0 Å². The average molecular weight is 533 g/mol. The fourth-order valence-corrected chi connectivity index (χ4v) is 5.22. The number of anilines is 1. The fraction of sp³-hybridized carbons (Fsp3) is 0.194. The molecule has 0 saturated carbocycles. The molecule has 3 aromatic heterocycles. The lowest BCUT2D eigenvalue weighted by Gasteiger charge is -2.31. The Kier molecular flexibility index (Phi) is 6.69. The summed E-state index contributed by atoms with van der Waals surface area (Å²) >= 11 is 0. The van der Waals surface area contributed by atoms with E-state index in [1.54, 1.807) is 23.2 Å². The van der Waals surface area contributed by atoms with E-state index in [-0.39, 0.29) is 17.8 Å². The Morgan fingerprint density at radius 1 is 0.950 bits per heavy atom. The second-order valence-corrected chi connectivity index (χ2v) is 9.77. The topological polar surface area (TPSA) is 116 Å². The van der Waals surface area contributed by atoms with Gasteiger partial charge in [-0.15, -0.1) is 0 Å². The molecule has 9 heteroatoms. The van der Waals surface area contributed by atoms with Gasteiger partial charge in [-0.2, -0.15) is 0 Å². The summed E-state index contributed by atoms with van der Waals surface area (Å²) in [5.74, 6) is 0.284. The summed E-state index contributed by atoms with van der Waals surface area (Å²) < 4.78 is 6.85. The third-order valence-corrected chi connectivity index (χ3v) is 7.27. The third-order valence-electron chi connectivity index (χ3n) is 7.27. The van der Waals surface area contributed by atoms with Crippen molar-refractivity contribution in [3.8, 4) is 28.3 Å². The molecule has 1 unspecified atom stereocenters. The zero-order valence-electron chi connectivity index (χ0n) is 22.0. The van der Waals surface area contributed by atoms with Crippen LogP contribution in [-0.4, -0.2) is 56.5 Å². The van der Waals surface area contributed by atoms with E-state index in [1.807, 2.05) is 71.3 Å². The molecule has 1 fully saturated rings. The molecule has 1 aliphatic heterocycles. The van der Waals surface area contributed by atoms with Gasteiger partial charge < -0.3 is 15.4 Å². The van der Waals surface area contributed by atoms with Crippen molar-refractivity contribution in [2.45, 2.75) is 12.8 Å². The van der Waals surface area contributed by atoms with Crippen LogP contribution < -0.4 is 5.73 Å². The first-order valence-electron chi connectivity index (χ1n) is 13.2. The molecule has 200 valence electrons. The van der Waals surface area contributed by atoms with E-state index in [0.717, 1.165) is 29.8 Å². The molecule has 0 bridgehead atoms. The lowest BCUT2D eigenvalue weighted by molar-refractivity contribution is -0.146. The second-order valence-electron chi connectivity index (χ2n) is 9.77. The number of imidazole rings is 1. The Labute approximate surface area is 231 Å². The average Bonchev–Trinajstić information content (AvgIpc) is 3.39. The molecule has 2 aromatic carbocycles. The van der Waals surface area contributed by atoms with Crippen molar-refractivity contribution in [1.29, 1.82) is 0 Å². The maximum atomic E-state index is 13.3. The first-order chi connectivity index (χ1) is 19.5. The fourth-order valence-electron chi connectivity index (χ4n) is 5.22. The van der Waals surface area contributed by atoms with E-state index < -0.39 is 0 Å². The van der Waals surface area contributed by atoms with E-state index in [0.29, 0.717) is 47.0 Å². The lowest BCUT2D eigenvalue weighted by Crippen LogP contribution is -2.42. The summed E-state index contributed by atoms with van der Waals surface area (Å²) in [7, 11) is 1.38. The molecule has 1 atom stereocenters. The van der Waals surface area contributed by atoms with Crippen molar-refractivity contribution in [3.63, 3.8) is 0 Å². The number of esters is 1. The molecule has 0 radical (unpaired) electrons. The van der Waals surface area contributed by atoms with Gasteiger partial charge in [0.05, 0.1) is 24.3 Å². The maximum Gasteiger partial charge on any atom is 0.310 e. The summed E-state index contributed by atoms with van der Waals surface area (Å²) in [6, 6.07) is 24.9. The summed E-state index contributed by atoms with van der Waals surface area (Å²) in [6.45, 7) is 0.965. The number of hydrogen-bond acceptors (Lipinski definition) is 7. The maximum absolute atomic E-state index is 13.3. The molecular formula is C31H28N6O3. The molecule has 9 nitrogen and oxygen atoms in total. The van der Waals surface area contributed by atoms with Crippen LogP contribution in [0.15, 0.2) is 85.1 Å². The zero-order valence-corrected chi connectivity index (χ0v) is 22.0. The lowest BCUT2D eigenvalue weighted by atomic mass is 9.97. The number of piperidine rings is 1. The highest BCUT2D eigenvalue weighted by Crippen LogP contribution is 2.32. The summed E-state index contributed by atoms with van der Waals surface area (Å²) in [6.07, 6.45) is 3.13. The molecule has 4 heterocycles. The number of aromatic nitrogens is 4. The number of fused-ring (bicyclic) bond motifs is 1. The highest BCUT2D eigenvalue weighted by Gasteiger charge is 2.29. The zero-order chi connectivity index (χ0) is 27.6. The highest BCUT2D eigenvalue weighted by atomic mass is 16.5. The predicted octanol–water partition coefficient (Wildman–Crippen LogP) is 4.76. The number of hydrogen-bond donors (Lipinski definition) is 1. The number of pyridine rings is 2. The monoisotopic (exact) mass is 532 g/mol. The van der Waals surface area contributed by atoms with E-state index in [9.17, 15) is 9.59 Å². The third kappa shape index (κ3) is 4.66. The van der Waals surface area contributed by atoms with Crippen LogP contribution in [0.5, 0.6) is 0 Å². The number of rotatable bonds is 5. The van der Waals surface area contributed by atoms with Gasteiger partial charge in [0.1, 0.15) is 11.3 Å². The van der Waals surface area contributed by atoms with Crippen molar-refractivity contribution in [2.24, 2.45) is 5.92 Å². The molecule has 0 spiro atoms. The van der Waals surface area contributed by atoms with Crippen LogP contribution >= 0.6 is 0 Å². The number of amides is 1. The Morgan fingerprint density at radius 2 is 1.75 bits per heavy atom. The molecule has 1 saturated heterocycles. The van der Waals surface area contributed by atoms with Gasteiger partial charge in [-0.3, -0.25) is 14.2 Å². The molecule has 1 aliphatic rings. The van der Waals surface area contributed by atoms with Crippen molar-refractivity contribution in [1.82, 2.24) is 24.4 Å². The van der Waals surface area contributed by atoms with Gasteiger partial charge in [0.2, 0.25) is 0 Å². The second kappa shape index (κ2) is 10.6. The smallest absolute Gasteiger partial charge is 0.310 e. The molecule has 2 N–H and O–H groups in total. The number of benzene rings is 2. The van der Waals surface area contributed by atoms with Crippen LogP contribution in [0.2, 0.25) is 0 Å². The van der Waals surface area contributed by atoms with Crippen LogP contribution in [0, 0.1) is 5.92 Å². The van der Waals surface area contributed by atoms with E-state index in [4.69, 9.17) is 20.4 Å². The largest absolute Gasteiger partial charge is 0.469 e. The van der Waals surface area contributed by atoms with Gasteiger partial charge in [-0.05, 0) is 61.4 Å². The summed E-state index contributed by atoms with van der Waals surface area (Å²) in [5.41, 5.74) is 11.4. The number of nitrogens with two attached hydrogens (primary N) is 1. The molecule has 40 heavy (non-hydrogen) atoms. The Morgan fingerprint density at radius 3 is 2.50 bits per heavy atom. The van der Waals surface area contributed by atoms with Gasteiger partial charge >= 0.3 is 5.97 Å². The van der Waals surface area contributed by atoms with Crippen LogP contribution in [0.25, 0.3) is 39.5 Å². The Bertz CT molecular complexity index is 1700. The van der Waals surface area contributed by atoms with Crippen molar-refractivity contribution in [3.05, 3.63) is 90.6 Å². The first-order valence-corrected chi connectivity index (χ1v) is 13.2. The van der Waals surface area contributed by atoms with E-state index in [1.165, 1.54) is 7.11 Å². The van der Waals surface area contributed by atoms with Crippen LogP contribution in [0.4, 0.5) is 5.82 Å². The van der Waals surface area contributed by atoms with Gasteiger partial charge in [0.25, 0.3) is 5.91 Å². The van der Waals surface area contributed by atoms with Crippen molar-refractivity contribution >= 4 is 28.9 Å². The minimum Gasteiger partial charge on any atom is -0.469 e. The first kappa shape index (κ1) is 25.2. The number of methoxy groups -OCH3 is 1. The van der Waals surface area contributed by atoms with Crippen molar-refractivity contribution in [2.75, 3.05) is 25.9 Å². The minimum absolute atomic E-state index is 0.114. The quantitative estimate of drug-likeness (QED) is 0.325. The molecule has 0 aliphatic carbocycles. The van der Waals surface area contributed by atoms with E-state index >= 15 is 0 Å². The highest BCUT2D eigenvalue weighted by molar-refractivity contribution is 5.95. The molecule has 5 aromatic rings. The molecule has 6 rings (SSSR count). The van der Waals surface area contributed by atoms with Crippen molar-refractivity contribution < 1.29 is 14.3 Å². The predicted molar refractivity (Wildman–Crippen MR) is 153 cm³/mol. The summed E-state index contributed by atoms with van der Waals surface area (Å²) in [4.78, 5) is 41.2. The molecular weight excluding hydrogens is 504 g/mol. The number of likely N-dealkylation sites (tertiary alicyclic amines) is 1.